The maximum absolute atomic E-state index is 3.87. The summed E-state index contributed by atoms with van der Waals surface area (Å²) in [5.41, 5.74) is 8.13. The third kappa shape index (κ3) is 2.51. The first kappa shape index (κ1) is 13.4. The highest BCUT2D eigenvalue weighted by atomic mass is 79.9. The molecule has 0 aliphatic heterocycles. The Labute approximate surface area is 118 Å². The van der Waals surface area contributed by atoms with Crippen molar-refractivity contribution < 1.29 is 0 Å². The minimum absolute atomic E-state index is 0.277. The molecular formula is C17H19Br. The molecule has 1 atom stereocenters. The zero-order valence-corrected chi connectivity index (χ0v) is 13.0. The molecule has 1 heteroatoms. The monoisotopic (exact) mass is 302 g/mol. The lowest BCUT2D eigenvalue weighted by atomic mass is 9.92. The van der Waals surface area contributed by atoms with Crippen molar-refractivity contribution in [2.75, 3.05) is 0 Å². The van der Waals surface area contributed by atoms with E-state index in [1.807, 2.05) is 0 Å². The van der Waals surface area contributed by atoms with Gasteiger partial charge in [0.2, 0.25) is 0 Å². The quantitative estimate of drug-likeness (QED) is 0.651. The first-order valence-corrected chi connectivity index (χ1v) is 7.19. The fourth-order valence-electron chi connectivity index (χ4n) is 2.62. The molecule has 2 aromatic carbocycles. The maximum atomic E-state index is 3.87. The van der Waals surface area contributed by atoms with Crippen LogP contribution in [0.2, 0.25) is 0 Å². The Kier molecular flexibility index (Phi) is 3.91. The second-order valence-corrected chi connectivity index (χ2v) is 5.95. The number of aryl methyl sites for hydroxylation is 4. The summed E-state index contributed by atoms with van der Waals surface area (Å²) in [6.07, 6.45) is 0. The summed E-state index contributed by atoms with van der Waals surface area (Å²) in [5, 5.41) is 0. The molecule has 0 amide bonds. The number of halogens is 1. The van der Waals surface area contributed by atoms with E-state index in [1.54, 1.807) is 0 Å². The lowest BCUT2D eigenvalue weighted by Crippen LogP contribution is -2.01. The van der Waals surface area contributed by atoms with Gasteiger partial charge in [-0.3, -0.25) is 0 Å². The summed E-state index contributed by atoms with van der Waals surface area (Å²) in [6.45, 7) is 8.72. The molecule has 0 spiro atoms. The van der Waals surface area contributed by atoms with Crippen LogP contribution in [-0.2, 0) is 0 Å². The van der Waals surface area contributed by atoms with Crippen LogP contribution in [0.4, 0.5) is 0 Å². The first-order valence-electron chi connectivity index (χ1n) is 6.28. The van der Waals surface area contributed by atoms with Crippen molar-refractivity contribution in [2.24, 2.45) is 0 Å². The Balaban J connectivity index is 2.53. The lowest BCUT2D eigenvalue weighted by molar-refractivity contribution is 1.08. The standard InChI is InChI=1S/C17H19Br/c1-11-9-13(3)16(14(4)10-11)17(18)15-8-6-5-7-12(15)2/h5-10,17H,1-4H3. The molecule has 0 heterocycles. The van der Waals surface area contributed by atoms with E-state index in [2.05, 4.69) is 80.0 Å². The summed E-state index contributed by atoms with van der Waals surface area (Å²) in [6, 6.07) is 13.1. The van der Waals surface area contributed by atoms with Gasteiger partial charge in [0, 0.05) is 0 Å². The maximum Gasteiger partial charge on any atom is 0.0652 e. The Morgan fingerprint density at radius 1 is 0.833 bits per heavy atom. The van der Waals surface area contributed by atoms with Crippen molar-refractivity contribution in [2.45, 2.75) is 32.5 Å². The Morgan fingerprint density at radius 3 is 1.94 bits per heavy atom. The van der Waals surface area contributed by atoms with Crippen LogP contribution in [0.5, 0.6) is 0 Å². The molecule has 0 fully saturated rings. The van der Waals surface area contributed by atoms with Crippen LogP contribution in [0.1, 0.15) is 38.2 Å². The van der Waals surface area contributed by atoms with Gasteiger partial charge in [0.15, 0.2) is 0 Å². The number of hydrogen-bond donors (Lipinski definition) is 0. The Bertz CT molecular complexity index is 547. The van der Waals surface area contributed by atoms with E-state index in [0.29, 0.717) is 0 Å². The minimum Gasteiger partial charge on any atom is -0.0786 e. The normalized spacial score (nSPS) is 12.5. The van der Waals surface area contributed by atoms with Crippen LogP contribution >= 0.6 is 15.9 Å². The van der Waals surface area contributed by atoms with Crippen molar-refractivity contribution >= 4 is 15.9 Å². The van der Waals surface area contributed by atoms with Crippen LogP contribution in [0.25, 0.3) is 0 Å². The summed E-state index contributed by atoms with van der Waals surface area (Å²) in [7, 11) is 0. The summed E-state index contributed by atoms with van der Waals surface area (Å²) >= 11 is 3.87. The average Bonchev–Trinajstić information content (AvgIpc) is 2.27. The van der Waals surface area contributed by atoms with Gasteiger partial charge in [-0.1, -0.05) is 57.9 Å². The summed E-state index contributed by atoms with van der Waals surface area (Å²) < 4.78 is 0. The van der Waals surface area contributed by atoms with Gasteiger partial charge < -0.3 is 0 Å². The van der Waals surface area contributed by atoms with Crippen LogP contribution in [0, 0.1) is 27.7 Å². The third-order valence-electron chi connectivity index (χ3n) is 3.45. The molecule has 0 nitrogen and oxygen atoms in total. The highest BCUT2D eigenvalue weighted by molar-refractivity contribution is 9.09. The molecule has 0 saturated heterocycles. The molecule has 1 unspecified atom stereocenters. The van der Waals surface area contributed by atoms with E-state index >= 15 is 0 Å². The number of benzene rings is 2. The smallest absolute Gasteiger partial charge is 0.0652 e. The fraction of sp³-hybridized carbons (Fsp3) is 0.294. The van der Waals surface area contributed by atoms with Crippen LogP contribution < -0.4 is 0 Å². The molecule has 94 valence electrons. The van der Waals surface area contributed by atoms with Crippen molar-refractivity contribution in [3.05, 3.63) is 69.8 Å². The molecule has 2 aromatic rings. The average molecular weight is 303 g/mol. The summed E-state index contributed by atoms with van der Waals surface area (Å²) in [5.74, 6) is 0. The molecule has 0 aromatic heterocycles. The van der Waals surface area contributed by atoms with E-state index in [0.717, 1.165) is 0 Å². The van der Waals surface area contributed by atoms with Gasteiger partial charge in [-0.25, -0.2) is 0 Å². The van der Waals surface area contributed by atoms with Gasteiger partial charge in [-0.2, -0.15) is 0 Å². The SMILES string of the molecule is Cc1cc(C)c(C(Br)c2ccccc2C)c(C)c1. The van der Waals surface area contributed by atoms with Crippen LogP contribution in [0.3, 0.4) is 0 Å². The van der Waals surface area contributed by atoms with Crippen LogP contribution in [-0.4, -0.2) is 0 Å². The highest BCUT2D eigenvalue weighted by Crippen LogP contribution is 2.36. The highest BCUT2D eigenvalue weighted by Gasteiger charge is 2.16. The molecule has 0 bridgehead atoms. The van der Waals surface area contributed by atoms with E-state index in [-0.39, 0.29) is 4.83 Å². The van der Waals surface area contributed by atoms with Gasteiger partial charge in [0.05, 0.1) is 4.83 Å². The second kappa shape index (κ2) is 5.27. The van der Waals surface area contributed by atoms with E-state index in [1.165, 1.54) is 33.4 Å². The second-order valence-electron chi connectivity index (χ2n) is 5.03. The predicted octanol–water partition coefficient (Wildman–Crippen LogP) is 5.40. The number of rotatable bonds is 2. The predicted molar refractivity (Wildman–Crippen MR) is 82.6 cm³/mol. The van der Waals surface area contributed by atoms with Crippen molar-refractivity contribution in [3.63, 3.8) is 0 Å². The molecule has 2 rings (SSSR count). The molecule has 0 radical (unpaired) electrons. The van der Waals surface area contributed by atoms with E-state index < -0.39 is 0 Å². The van der Waals surface area contributed by atoms with E-state index in [9.17, 15) is 0 Å². The zero-order chi connectivity index (χ0) is 13.3. The Hall–Kier alpha value is -1.08. The van der Waals surface area contributed by atoms with Gasteiger partial charge >= 0.3 is 0 Å². The van der Waals surface area contributed by atoms with Gasteiger partial charge in [-0.15, -0.1) is 0 Å². The van der Waals surface area contributed by atoms with Crippen molar-refractivity contribution in [1.29, 1.82) is 0 Å². The zero-order valence-electron chi connectivity index (χ0n) is 11.4. The summed E-state index contributed by atoms with van der Waals surface area (Å²) in [4.78, 5) is 0.277. The Morgan fingerprint density at radius 2 is 1.39 bits per heavy atom. The molecule has 0 N–H and O–H groups in total. The van der Waals surface area contributed by atoms with Crippen molar-refractivity contribution in [3.8, 4) is 0 Å². The molecular weight excluding hydrogens is 284 g/mol. The number of alkyl halides is 1. The molecule has 0 aliphatic rings. The molecule has 0 aliphatic carbocycles. The van der Waals surface area contributed by atoms with Crippen LogP contribution in [0.15, 0.2) is 36.4 Å². The van der Waals surface area contributed by atoms with Crippen molar-refractivity contribution in [1.82, 2.24) is 0 Å². The largest absolute Gasteiger partial charge is 0.0786 e. The minimum atomic E-state index is 0.277. The fourth-order valence-corrected chi connectivity index (χ4v) is 3.85. The lowest BCUT2D eigenvalue weighted by Gasteiger charge is -2.19. The molecule has 18 heavy (non-hydrogen) atoms. The first-order chi connectivity index (χ1) is 8.50. The molecule has 0 saturated carbocycles. The van der Waals surface area contributed by atoms with E-state index in [4.69, 9.17) is 0 Å². The van der Waals surface area contributed by atoms with Gasteiger partial charge in [0.25, 0.3) is 0 Å². The van der Waals surface area contributed by atoms with Gasteiger partial charge in [-0.05, 0) is 55.5 Å². The number of hydrogen-bond acceptors (Lipinski definition) is 0. The van der Waals surface area contributed by atoms with Gasteiger partial charge in [0.1, 0.15) is 0 Å². The topological polar surface area (TPSA) is 0 Å². The third-order valence-corrected chi connectivity index (χ3v) is 4.40.